The van der Waals surface area contributed by atoms with Crippen LogP contribution < -0.4 is 10.9 Å². The van der Waals surface area contributed by atoms with Crippen LogP contribution in [0, 0.1) is 5.92 Å². The van der Waals surface area contributed by atoms with Gasteiger partial charge in [0, 0.05) is 31.5 Å². The van der Waals surface area contributed by atoms with E-state index in [4.69, 9.17) is 0 Å². The molecule has 0 aliphatic heterocycles. The Morgan fingerprint density at radius 1 is 1.30 bits per heavy atom. The lowest BCUT2D eigenvalue weighted by atomic mass is 10.4. The second kappa shape index (κ2) is 6.00. The van der Waals surface area contributed by atoms with E-state index in [-0.39, 0.29) is 5.56 Å². The van der Waals surface area contributed by atoms with Crippen molar-refractivity contribution in [1.29, 1.82) is 0 Å². The number of nitrogens with zero attached hydrogens (tertiary/aromatic N) is 4. The molecular weight excluding hydrogens is 254 g/mol. The van der Waals surface area contributed by atoms with Crippen molar-refractivity contribution in [3.05, 3.63) is 46.6 Å². The topological polar surface area (TPSA) is 64.7 Å². The van der Waals surface area contributed by atoms with E-state index in [1.165, 1.54) is 12.8 Å². The van der Waals surface area contributed by atoms with Crippen molar-refractivity contribution >= 4 is 0 Å². The van der Waals surface area contributed by atoms with Gasteiger partial charge >= 0.3 is 0 Å². The van der Waals surface area contributed by atoms with E-state index in [0.717, 1.165) is 24.7 Å². The third-order valence-corrected chi connectivity index (χ3v) is 3.49. The van der Waals surface area contributed by atoms with Gasteiger partial charge in [-0.2, -0.15) is 0 Å². The minimum absolute atomic E-state index is 0.0129. The minimum Gasteiger partial charge on any atom is -0.314 e. The predicted molar refractivity (Wildman–Crippen MR) is 75.2 cm³/mol. The molecule has 20 heavy (non-hydrogen) atoms. The van der Waals surface area contributed by atoms with Gasteiger partial charge in [0.25, 0.3) is 5.56 Å². The summed E-state index contributed by atoms with van der Waals surface area (Å²) in [5.41, 5.74) is 0.963. The highest BCUT2D eigenvalue weighted by molar-refractivity contribution is 4.94. The molecule has 2 heterocycles. The molecule has 2 aromatic heterocycles. The summed E-state index contributed by atoms with van der Waals surface area (Å²) >= 11 is 0. The Balaban J connectivity index is 1.49. The van der Waals surface area contributed by atoms with E-state index in [0.29, 0.717) is 13.1 Å². The average Bonchev–Trinajstić information content (AvgIpc) is 3.16. The van der Waals surface area contributed by atoms with Crippen LogP contribution in [0.1, 0.15) is 18.5 Å². The van der Waals surface area contributed by atoms with Crippen LogP contribution in [0.2, 0.25) is 0 Å². The van der Waals surface area contributed by atoms with Gasteiger partial charge in [-0.1, -0.05) is 11.3 Å². The lowest BCUT2D eigenvalue weighted by Crippen LogP contribution is -2.20. The molecule has 6 nitrogen and oxygen atoms in total. The molecule has 1 N–H and O–H groups in total. The molecule has 1 aliphatic rings. The first-order valence-corrected chi connectivity index (χ1v) is 7.06. The molecule has 106 valence electrons. The van der Waals surface area contributed by atoms with Gasteiger partial charge in [-0.15, -0.1) is 5.10 Å². The number of hydrogen-bond acceptors (Lipinski definition) is 4. The molecule has 3 rings (SSSR count). The molecular formula is C14H19N5O. The number of aryl methyl sites for hydroxylation is 2. The Labute approximate surface area is 117 Å². The normalized spacial score (nSPS) is 14.6. The van der Waals surface area contributed by atoms with Crippen molar-refractivity contribution < 1.29 is 0 Å². The van der Waals surface area contributed by atoms with Crippen molar-refractivity contribution in [2.45, 2.75) is 32.5 Å². The Morgan fingerprint density at radius 3 is 3.00 bits per heavy atom. The van der Waals surface area contributed by atoms with Gasteiger partial charge in [0.2, 0.25) is 0 Å². The number of nitrogens with one attached hydrogen (secondary N) is 1. The lowest BCUT2D eigenvalue weighted by molar-refractivity contribution is 0.511. The minimum atomic E-state index is 0.0129. The second-order valence-electron chi connectivity index (χ2n) is 5.28. The summed E-state index contributed by atoms with van der Waals surface area (Å²) in [7, 11) is 0. The summed E-state index contributed by atoms with van der Waals surface area (Å²) in [4.78, 5) is 11.6. The average molecular weight is 273 g/mol. The van der Waals surface area contributed by atoms with Crippen LogP contribution in [0.15, 0.2) is 35.4 Å². The number of aromatic nitrogens is 4. The zero-order valence-electron chi connectivity index (χ0n) is 11.4. The summed E-state index contributed by atoms with van der Waals surface area (Å²) in [6, 6.07) is 5.17. The highest BCUT2D eigenvalue weighted by Gasteiger charge is 2.20. The maximum atomic E-state index is 11.6. The molecule has 0 bridgehead atoms. The van der Waals surface area contributed by atoms with E-state index in [2.05, 4.69) is 15.6 Å². The molecule has 0 aromatic carbocycles. The summed E-state index contributed by atoms with van der Waals surface area (Å²) < 4.78 is 3.46. The third-order valence-electron chi connectivity index (χ3n) is 3.49. The molecule has 0 radical (unpaired) electrons. The van der Waals surface area contributed by atoms with Gasteiger partial charge in [0.1, 0.15) is 0 Å². The summed E-state index contributed by atoms with van der Waals surface area (Å²) in [6.45, 7) is 3.10. The van der Waals surface area contributed by atoms with Gasteiger partial charge in [-0.25, -0.2) is 0 Å². The number of pyridine rings is 1. The lowest BCUT2D eigenvalue weighted by Gasteiger charge is -2.04. The van der Waals surface area contributed by atoms with Crippen LogP contribution in [-0.4, -0.2) is 26.1 Å². The van der Waals surface area contributed by atoms with E-state index in [1.54, 1.807) is 27.6 Å². The Bertz CT molecular complexity index is 614. The maximum absolute atomic E-state index is 11.6. The van der Waals surface area contributed by atoms with Crippen LogP contribution in [0.5, 0.6) is 0 Å². The largest absolute Gasteiger partial charge is 0.314 e. The van der Waals surface area contributed by atoms with Gasteiger partial charge in [-0.3, -0.25) is 9.48 Å². The zero-order chi connectivity index (χ0) is 13.8. The fraction of sp³-hybridized carbons (Fsp3) is 0.500. The van der Waals surface area contributed by atoms with E-state index in [1.807, 2.05) is 12.3 Å². The van der Waals surface area contributed by atoms with E-state index < -0.39 is 0 Å². The Morgan fingerprint density at radius 2 is 2.20 bits per heavy atom. The van der Waals surface area contributed by atoms with Crippen molar-refractivity contribution in [3.63, 3.8) is 0 Å². The first kappa shape index (κ1) is 13.1. The predicted octanol–water partition coefficient (Wildman–Crippen LogP) is 0.640. The number of hydrogen-bond donors (Lipinski definition) is 1. The molecule has 0 saturated heterocycles. The standard InChI is InChI=1S/C14H19N5O/c20-14-3-1-2-6-18(14)7-8-19-11-13(16-17-19)10-15-9-12-4-5-12/h1-3,6,11-12,15H,4-5,7-10H2. The molecule has 0 unspecified atom stereocenters. The van der Waals surface area contributed by atoms with Crippen LogP contribution in [0.4, 0.5) is 0 Å². The fourth-order valence-corrected chi connectivity index (χ4v) is 2.11. The first-order valence-electron chi connectivity index (χ1n) is 7.06. The maximum Gasteiger partial charge on any atom is 0.250 e. The van der Waals surface area contributed by atoms with Crippen LogP contribution in [-0.2, 0) is 19.6 Å². The van der Waals surface area contributed by atoms with Gasteiger partial charge in [0.05, 0.1) is 12.2 Å². The molecule has 1 saturated carbocycles. The van der Waals surface area contributed by atoms with E-state index in [9.17, 15) is 4.79 Å². The monoisotopic (exact) mass is 273 g/mol. The van der Waals surface area contributed by atoms with Crippen molar-refractivity contribution in [2.24, 2.45) is 5.92 Å². The Kier molecular flexibility index (Phi) is 3.92. The first-order chi connectivity index (χ1) is 9.81. The van der Waals surface area contributed by atoms with Crippen molar-refractivity contribution in [1.82, 2.24) is 24.9 Å². The second-order valence-corrected chi connectivity index (χ2v) is 5.28. The quantitative estimate of drug-likeness (QED) is 0.804. The summed E-state index contributed by atoms with van der Waals surface area (Å²) in [5.74, 6) is 0.870. The van der Waals surface area contributed by atoms with Crippen LogP contribution >= 0.6 is 0 Å². The fourth-order valence-electron chi connectivity index (χ4n) is 2.11. The molecule has 0 amide bonds. The molecule has 0 atom stereocenters. The molecule has 2 aromatic rings. The Hall–Kier alpha value is -1.95. The molecule has 0 spiro atoms. The van der Waals surface area contributed by atoms with E-state index >= 15 is 0 Å². The molecule has 6 heteroatoms. The highest BCUT2D eigenvalue weighted by atomic mass is 16.1. The third kappa shape index (κ3) is 3.54. The van der Waals surface area contributed by atoms with Gasteiger partial charge in [0.15, 0.2) is 0 Å². The molecule has 1 aliphatic carbocycles. The summed E-state index contributed by atoms with van der Waals surface area (Å²) in [5, 5.41) is 11.6. The van der Waals surface area contributed by atoms with Crippen molar-refractivity contribution in [2.75, 3.05) is 6.54 Å². The van der Waals surface area contributed by atoms with Crippen LogP contribution in [0.3, 0.4) is 0 Å². The van der Waals surface area contributed by atoms with Gasteiger partial charge in [-0.05, 0) is 31.4 Å². The zero-order valence-corrected chi connectivity index (χ0v) is 11.4. The highest BCUT2D eigenvalue weighted by Crippen LogP contribution is 2.27. The smallest absolute Gasteiger partial charge is 0.250 e. The SMILES string of the molecule is O=c1ccccn1CCn1cc(CNCC2CC2)nn1. The molecule has 1 fully saturated rings. The van der Waals surface area contributed by atoms with Crippen molar-refractivity contribution in [3.8, 4) is 0 Å². The summed E-state index contributed by atoms with van der Waals surface area (Å²) in [6.07, 6.45) is 6.43. The van der Waals surface area contributed by atoms with Gasteiger partial charge < -0.3 is 9.88 Å². The van der Waals surface area contributed by atoms with Crippen LogP contribution in [0.25, 0.3) is 0 Å². The number of rotatable bonds is 7.